The highest BCUT2D eigenvalue weighted by atomic mass is 35.5. The first-order valence-corrected chi connectivity index (χ1v) is 9.31. The molecule has 0 aliphatic carbocycles. The maximum absolute atomic E-state index is 12.6. The van der Waals surface area contributed by atoms with E-state index >= 15 is 0 Å². The number of aromatic amines is 1. The molecule has 3 aromatic rings. The highest BCUT2D eigenvalue weighted by molar-refractivity contribution is 7.71. The minimum Gasteiger partial charge on any atom is -0.324 e. The quantitative estimate of drug-likeness (QED) is 0.650. The van der Waals surface area contributed by atoms with Crippen LogP contribution in [-0.4, -0.2) is 15.5 Å². The number of nitrogens with zero attached hydrogens (tertiary/aromatic N) is 1. The van der Waals surface area contributed by atoms with E-state index in [1.54, 1.807) is 12.1 Å². The van der Waals surface area contributed by atoms with Crippen LogP contribution in [0.5, 0.6) is 0 Å². The van der Waals surface area contributed by atoms with Crippen LogP contribution in [0.25, 0.3) is 10.2 Å². The molecule has 3 rings (SSSR count). The van der Waals surface area contributed by atoms with Gasteiger partial charge >= 0.3 is 0 Å². The lowest BCUT2D eigenvalue weighted by Crippen LogP contribution is -2.28. The summed E-state index contributed by atoms with van der Waals surface area (Å²) in [6.45, 7) is 3.75. The molecule has 2 N–H and O–H groups in total. The fourth-order valence-corrected chi connectivity index (χ4v) is 3.91. The van der Waals surface area contributed by atoms with Crippen molar-refractivity contribution >= 4 is 57.0 Å². The number of anilines is 1. The predicted octanol–water partition coefficient (Wildman–Crippen LogP) is 4.28. The number of carbonyl (C=O) groups is 1. The van der Waals surface area contributed by atoms with Gasteiger partial charge in [-0.2, -0.15) is 0 Å². The molecule has 2 heterocycles. The molecular formula is C17H16ClN3O2S2. The van der Waals surface area contributed by atoms with E-state index in [4.69, 9.17) is 23.8 Å². The number of aromatic nitrogens is 2. The molecule has 0 unspecified atom stereocenters. The van der Waals surface area contributed by atoms with Crippen molar-refractivity contribution in [3.63, 3.8) is 0 Å². The average Bonchev–Trinajstić information content (AvgIpc) is 2.98. The second-order valence-electron chi connectivity index (χ2n) is 5.64. The van der Waals surface area contributed by atoms with E-state index in [-0.39, 0.29) is 22.8 Å². The summed E-state index contributed by atoms with van der Waals surface area (Å²) < 4.78 is 1.51. The predicted molar refractivity (Wildman–Crippen MR) is 105 cm³/mol. The van der Waals surface area contributed by atoms with Gasteiger partial charge in [-0.1, -0.05) is 24.6 Å². The van der Waals surface area contributed by atoms with Gasteiger partial charge in [0.25, 0.3) is 5.56 Å². The molecule has 0 spiro atoms. The Labute approximate surface area is 158 Å². The van der Waals surface area contributed by atoms with Crippen LogP contribution in [0.3, 0.4) is 0 Å². The second-order valence-corrected chi connectivity index (χ2v) is 7.57. The van der Waals surface area contributed by atoms with Gasteiger partial charge in [0.15, 0.2) is 4.77 Å². The SMILES string of the molecule is CCc1cc2c(=O)n(CC(=O)Nc3ccc(C)c(Cl)c3)c(=S)[nH]c2s1. The molecule has 0 fully saturated rings. The van der Waals surface area contributed by atoms with Crippen LogP contribution in [0.4, 0.5) is 5.69 Å². The third-order valence-electron chi connectivity index (χ3n) is 3.83. The summed E-state index contributed by atoms with van der Waals surface area (Å²) >= 11 is 12.8. The van der Waals surface area contributed by atoms with Gasteiger partial charge in [-0.25, -0.2) is 0 Å². The number of carbonyl (C=O) groups excluding carboxylic acids is 1. The molecule has 0 saturated heterocycles. The van der Waals surface area contributed by atoms with Crippen LogP contribution in [-0.2, 0) is 17.8 Å². The van der Waals surface area contributed by atoms with Crippen LogP contribution >= 0.6 is 35.2 Å². The average molecular weight is 394 g/mol. The maximum Gasteiger partial charge on any atom is 0.263 e. The molecule has 0 aliphatic rings. The van der Waals surface area contributed by atoms with Crippen molar-refractivity contribution in [3.05, 3.63) is 54.9 Å². The number of thiophene rings is 1. The first kappa shape index (κ1) is 17.8. The third kappa shape index (κ3) is 3.68. The third-order valence-corrected chi connectivity index (χ3v) is 5.75. The smallest absolute Gasteiger partial charge is 0.263 e. The summed E-state index contributed by atoms with van der Waals surface area (Å²) in [7, 11) is 0. The van der Waals surface area contributed by atoms with Crippen molar-refractivity contribution in [2.75, 3.05) is 5.32 Å². The topological polar surface area (TPSA) is 66.9 Å². The van der Waals surface area contributed by atoms with Gasteiger partial charge in [0, 0.05) is 15.6 Å². The van der Waals surface area contributed by atoms with Gasteiger partial charge in [0.2, 0.25) is 5.91 Å². The monoisotopic (exact) mass is 393 g/mol. The van der Waals surface area contributed by atoms with E-state index in [0.29, 0.717) is 16.1 Å². The largest absolute Gasteiger partial charge is 0.324 e. The number of hydrogen-bond acceptors (Lipinski definition) is 4. The Balaban J connectivity index is 1.89. The fourth-order valence-electron chi connectivity index (χ4n) is 2.43. The Morgan fingerprint density at radius 3 is 2.84 bits per heavy atom. The Kier molecular flexibility index (Phi) is 5.08. The zero-order chi connectivity index (χ0) is 18.1. The van der Waals surface area contributed by atoms with Gasteiger partial charge in [-0.05, 0) is 49.3 Å². The first-order valence-electron chi connectivity index (χ1n) is 7.70. The van der Waals surface area contributed by atoms with E-state index in [0.717, 1.165) is 21.7 Å². The number of rotatable bonds is 4. The van der Waals surface area contributed by atoms with E-state index < -0.39 is 0 Å². The molecule has 1 aromatic carbocycles. The van der Waals surface area contributed by atoms with Crippen LogP contribution < -0.4 is 10.9 Å². The normalized spacial score (nSPS) is 11.0. The lowest BCUT2D eigenvalue weighted by atomic mass is 10.2. The minimum absolute atomic E-state index is 0.160. The van der Waals surface area contributed by atoms with Gasteiger partial charge in [0.05, 0.1) is 5.39 Å². The maximum atomic E-state index is 12.6. The van der Waals surface area contributed by atoms with Crippen LogP contribution in [0.2, 0.25) is 5.02 Å². The van der Waals surface area contributed by atoms with Crippen molar-refractivity contribution in [1.29, 1.82) is 0 Å². The summed E-state index contributed by atoms with van der Waals surface area (Å²) in [4.78, 5) is 29.8. The standard InChI is InChI=1S/C17H16ClN3O2S2/c1-3-11-7-12-15(25-11)20-17(24)21(16(12)23)8-14(22)19-10-5-4-9(2)13(18)6-10/h4-7H,3,8H2,1-2H3,(H,19,22)(H,20,24). The van der Waals surface area contributed by atoms with E-state index in [2.05, 4.69) is 10.3 Å². The Hall–Kier alpha value is -1.96. The molecule has 2 aromatic heterocycles. The molecule has 0 aliphatic heterocycles. The number of benzene rings is 1. The molecular weight excluding hydrogens is 378 g/mol. The molecule has 0 saturated carbocycles. The molecule has 0 radical (unpaired) electrons. The summed E-state index contributed by atoms with van der Waals surface area (Å²) in [6.07, 6.45) is 0.841. The van der Waals surface area contributed by atoms with Crippen molar-refractivity contribution in [2.45, 2.75) is 26.8 Å². The molecule has 0 atom stereocenters. The Morgan fingerprint density at radius 2 is 2.16 bits per heavy atom. The second kappa shape index (κ2) is 7.11. The zero-order valence-corrected chi connectivity index (χ0v) is 16.1. The van der Waals surface area contributed by atoms with Crippen molar-refractivity contribution in [1.82, 2.24) is 9.55 Å². The molecule has 1 amide bonds. The number of fused-ring (bicyclic) bond motifs is 1. The first-order chi connectivity index (χ1) is 11.9. The number of nitrogens with one attached hydrogen (secondary N) is 2. The lowest BCUT2D eigenvalue weighted by molar-refractivity contribution is -0.116. The van der Waals surface area contributed by atoms with Crippen molar-refractivity contribution in [3.8, 4) is 0 Å². The van der Waals surface area contributed by atoms with Crippen LogP contribution in [0.1, 0.15) is 17.4 Å². The number of halogens is 1. The molecule has 130 valence electrons. The van der Waals surface area contributed by atoms with Crippen LogP contribution in [0, 0.1) is 11.7 Å². The Morgan fingerprint density at radius 1 is 1.40 bits per heavy atom. The number of amides is 1. The lowest BCUT2D eigenvalue weighted by Gasteiger charge is -2.09. The summed E-state index contributed by atoms with van der Waals surface area (Å²) in [5.74, 6) is -0.341. The van der Waals surface area contributed by atoms with E-state index in [1.165, 1.54) is 15.9 Å². The minimum atomic E-state index is -0.341. The zero-order valence-electron chi connectivity index (χ0n) is 13.7. The van der Waals surface area contributed by atoms with Crippen LogP contribution in [0.15, 0.2) is 29.1 Å². The molecule has 8 heteroatoms. The molecule has 0 bridgehead atoms. The molecule has 5 nitrogen and oxygen atoms in total. The Bertz CT molecular complexity index is 1080. The van der Waals surface area contributed by atoms with E-state index in [9.17, 15) is 9.59 Å². The summed E-state index contributed by atoms with van der Waals surface area (Å²) in [5.41, 5.74) is 1.24. The highest BCUT2D eigenvalue weighted by Gasteiger charge is 2.12. The van der Waals surface area contributed by atoms with E-state index in [1.807, 2.05) is 26.0 Å². The number of hydrogen-bond donors (Lipinski definition) is 2. The highest BCUT2D eigenvalue weighted by Crippen LogP contribution is 2.22. The van der Waals surface area contributed by atoms with Crippen molar-refractivity contribution in [2.24, 2.45) is 0 Å². The van der Waals surface area contributed by atoms with Gasteiger partial charge in [-0.15, -0.1) is 11.3 Å². The van der Waals surface area contributed by atoms with Crippen molar-refractivity contribution < 1.29 is 4.79 Å². The number of aryl methyl sites for hydroxylation is 2. The number of H-pyrrole nitrogens is 1. The summed E-state index contributed by atoms with van der Waals surface area (Å²) in [6, 6.07) is 7.11. The van der Waals surface area contributed by atoms with Gasteiger partial charge in [-0.3, -0.25) is 14.2 Å². The summed E-state index contributed by atoms with van der Waals surface area (Å²) in [5, 5.41) is 3.86. The van der Waals surface area contributed by atoms with Gasteiger partial charge < -0.3 is 10.3 Å². The van der Waals surface area contributed by atoms with Gasteiger partial charge in [0.1, 0.15) is 11.4 Å². The molecule has 25 heavy (non-hydrogen) atoms. The fraction of sp³-hybridized carbons (Fsp3) is 0.235.